The summed E-state index contributed by atoms with van der Waals surface area (Å²) in [5.74, 6) is -0.880. The number of hydrogen-bond donors (Lipinski definition) is 3. The molecule has 0 unspecified atom stereocenters. The third kappa shape index (κ3) is 7.19. The largest absolute Gasteiger partial charge is 0.478 e. The second kappa shape index (κ2) is 14.1. The number of rotatable bonds is 7. The second-order valence-electron chi connectivity index (χ2n) is 10.2. The Morgan fingerprint density at radius 2 is 1.52 bits per heavy atom. The Hall–Kier alpha value is -4.85. The highest BCUT2D eigenvalue weighted by Crippen LogP contribution is 2.35. The standard InChI is InChI=1S/C21H17Cl2N3O2.C14H13NO/c22-15-5-6-18(23)14(9-15)12-26-8-7-24-20-19(26)10-13(11-25-20)16-3-1-2-4-17(16)21(27)28;15-14(16)13(11-7-3-1-4-8-11)12-9-5-2-6-10-12/h1-6,9-11H,7-8,12H2,(H,24,25)(H,27,28);1-10,13H,(H2,15,16). The monoisotopic (exact) mass is 624 g/mol. The fourth-order valence-corrected chi connectivity index (χ4v) is 5.55. The molecule has 0 saturated heterocycles. The molecule has 6 rings (SSSR count). The summed E-state index contributed by atoms with van der Waals surface area (Å²) >= 11 is 12.5. The van der Waals surface area contributed by atoms with Crippen LogP contribution in [0.15, 0.2) is 115 Å². The molecule has 1 aliphatic heterocycles. The summed E-state index contributed by atoms with van der Waals surface area (Å²) in [6.45, 7) is 2.10. The number of fused-ring (bicyclic) bond motifs is 1. The first-order valence-electron chi connectivity index (χ1n) is 14.0. The van der Waals surface area contributed by atoms with Gasteiger partial charge < -0.3 is 21.1 Å². The molecule has 1 amide bonds. The summed E-state index contributed by atoms with van der Waals surface area (Å²) in [4.78, 5) is 29.8. The van der Waals surface area contributed by atoms with Gasteiger partial charge in [-0.1, -0.05) is 102 Å². The van der Waals surface area contributed by atoms with Crippen LogP contribution in [0.5, 0.6) is 0 Å². The number of primary amides is 1. The van der Waals surface area contributed by atoms with Crippen LogP contribution in [-0.4, -0.2) is 35.1 Å². The number of carboxylic acid groups (broad SMARTS) is 1. The van der Waals surface area contributed by atoms with Gasteiger partial charge in [-0.25, -0.2) is 9.78 Å². The molecule has 0 radical (unpaired) electrons. The van der Waals surface area contributed by atoms with Crippen molar-refractivity contribution in [1.82, 2.24) is 4.98 Å². The highest BCUT2D eigenvalue weighted by atomic mass is 35.5. The molecule has 1 aliphatic rings. The van der Waals surface area contributed by atoms with Crippen LogP contribution in [0.25, 0.3) is 11.1 Å². The lowest BCUT2D eigenvalue weighted by atomic mass is 9.91. The fraction of sp³-hybridized carbons (Fsp3) is 0.114. The summed E-state index contributed by atoms with van der Waals surface area (Å²) in [6, 6.07) is 33.5. The third-order valence-electron chi connectivity index (χ3n) is 7.27. The minimum Gasteiger partial charge on any atom is -0.478 e. The SMILES string of the molecule is NC(=O)C(c1ccccc1)c1ccccc1.O=C(O)c1ccccc1-c1cnc2c(c1)N(Cc1cc(Cl)ccc1Cl)CCN2. The van der Waals surface area contributed by atoms with Crippen LogP contribution in [0.3, 0.4) is 0 Å². The Bertz CT molecular complexity index is 1730. The molecule has 4 aromatic carbocycles. The van der Waals surface area contributed by atoms with Crippen LogP contribution in [0, 0.1) is 0 Å². The minimum absolute atomic E-state index is 0.248. The van der Waals surface area contributed by atoms with E-state index in [1.165, 1.54) is 0 Å². The lowest BCUT2D eigenvalue weighted by Gasteiger charge is -2.32. The molecule has 0 aliphatic carbocycles. The second-order valence-corrected chi connectivity index (χ2v) is 11.0. The highest BCUT2D eigenvalue weighted by Gasteiger charge is 2.22. The van der Waals surface area contributed by atoms with E-state index in [1.807, 2.05) is 78.9 Å². The number of carbonyl (C=O) groups excluding carboxylic acids is 1. The average molecular weight is 626 g/mol. The molecule has 2 heterocycles. The van der Waals surface area contributed by atoms with Gasteiger partial charge in [0.15, 0.2) is 0 Å². The van der Waals surface area contributed by atoms with Crippen molar-refractivity contribution in [3.8, 4) is 11.1 Å². The van der Waals surface area contributed by atoms with Crippen LogP contribution in [0.1, 0.15) is 33.0 Å². The molecule has 7 nitrogen and oxygen atoms in total. The van der Waals surface area contributed by atoms with Crippen molar-refractivity contribution in [2.75, 3.05) is 23.3 Å². The number of nitrogens with zero attached hydrogens (tertiary/aromatic N) is 2. The van der Waals surface area contributed by atoms with E-state index in [0.29, 0.717) is 22.2 Å². The van der Waals surface area contributed by atoms with Crippen LogP contribution >= 0.6 is 23.2 Å². The van der Waals surface area contributed by atoms with E-state index >= 15 is 0 Å². The minimum atomic E-state index is -0.964. The fourth-order valence-electron chi connectivity index (χ4n) is 5.18. The number of amides is 1. The number of anilines is 2. The molecule has 0 saturated carbocycles. The van der Waals surface area contributed by atoms with Crippen LogP contribution < -0.4 is 16.0 Å². The third-order valence-corrected chi connectivity index (χ3v) is 7.87. The van der Waals surface area contributed by atoms with Crippen molar-refractivity contribution in [3.63, 3.8) is 0 Å². The highest BCUT2D eigenvalue weighted by molar-refractivity contribution is 6.33. The molecule has 44 heavy (non-hydrogen) atoms. The van der Waals surface area contributed by atoms with Gasteiger partial charge in [0.05, 0.1) is 17.2 Å². The predicted octanol–water partition coefficient (Wildman–Crippen LogP) is 7.49. The Morgan fingerprint density at radius 3 is 2.16 bits per heavy atom. The van der Waals surface area contributed by atoms with Crippen molar-refractivity contribution in [3.05, 3.63) is 148 Å². The molecule has 1 aromatic heterocycles. The van der Waals surface area contributed by atoms with Gasteiger partial charge in [-0.15, -0.1) is 0 Å². The van der Waals surface area contributed by atoms with Gasteiger partial charge >= 0.3 is 5.97 Å². The van der Waals surface area contributed by atoms with E-state index in [1.54, 1.807) is 36.5 Å². The van der Waals surface area contributed by atoms with E-state index in [0.717, 1.165) is 46.8 Å². The Morgan fingerprint density at radius 1 is 0.886 bits per heavy atom. The zero-order valence-corrected chi connectivity index (χ0v) is 25.2. The van der Waals surface area contributed by atoms with Crippen LogP contribution in [0.2, 0.25) is 10.0 Å². The topological polar surface area (TPSA) is 109 Å². The number of nitrogens with two attached hydrogens (primary N) is 1. The molecule has 9 heteroatoms. The van der Waals surface area contributed by atoms with Gasteiger partial charge in [0.1, 0.15) is 5.82 Å². The van der Waals surface area contributed by atoms with Gasteiger partial charge in [0.25, 0.3) is 0 Å². The van der Waals surface area contributed by atoms with E-state index in [-0.39, 0.29) is 17.4 Å². The number of pyridine rings is 1. The van der Waals surface area contributed by atoms with Crippen LogP contribution in [0.4, 0.5) is 11.5 Å². The smallest absolute Gasteiger partial charge is 0.336 e. The molecular formula is C35H30Cl2N4O3. The number of nitrogens with one attached hydrogen (secondary N) is 1. The van der Waals surface area contributed by atoms with E-state index in [4.69, 9.17) is 28.9 Å². The number of aromatic carboxylic acids is 1. The number of hydrogen-bond acceptors (Lipinski definition) is 5. The number of benzene rings is 4. The predicted molar refractivity (Wildman–Crippen MR) is 177 cm³/mol. The molecule has 0 fully saturated rings. The summed E-state index contributed by atoms with van der Waals surface area (Å²) < 4.78 is 0. The lowest BCUT2D eigenvalue weighted by molar-refractivity contribution is -0.118. The van der Waals surface area contributed by atoms with Gasteiger partial charge in [-0.05, 0) is 52.6 Å². The quantitative estimate of drug-likeness (QED) is 0.173. The van der Waals surface area contributed by atoms with Crippen molar-refractivity contribution in [1.29, 1.82) is 0 Å². The zero-order chi connectivity index (χ0) is 31.1. The summed E-state index contributed by atoms with van der Waals surface area (Å²) in [5.41, 5.74) is 10.8. The van der Waals surface area contributed by atoms with Gasteiger partial charge in [0, 0.05) is 41.4 Å². The van der Waals surface area contributed by atoms with Crippen LogP contribution in [-0.2, 0) is 11.3 Å². The average Bonchev–Trinajstić information content (AvgIpc) is 3.04. The van der Waals surface area contributed by atoms with Crippen molar-refractivity contribution < 1.29 is 14.7 Å². The number of aromatic nitrogens is 1. The molecule has 0 atom stereocenters. The van der Waals surface area contributed by atoms with Crippen molar-refractivity contribution >= 4 is 46.6 Å². The molecule has 0 bridgehead atoms. The normalized spacial score (nSPS) is 12.0. The molecule has 5 aromatic rings. The first kappa shape index (κ1) is 30.6. The molecule has 222 valence electrons. The lowest BCUT2D eigenvalue weighted by Crippen LogP contribution is -2.34. The Balaban J connectivity index is 0.000000204. The first-order chi connectivity index (χ1) is 21.3. The van der Waals surface area contributed by atoms with E-state index in [9.17, 15) is 14.7 Å². The molecule has 4 N–H and O–H groups in total. The first-order valence-corrected chi connectivity index (χ1v) is 14.7. The van der Waals surface area contributed by atoms with Gasteiger partial charge in [0.2, 0.25) is 5.91 Å². The number of halogens is 2. The van der Waals surface area contributed by atoms with Gasteiger partial charge in [-0.2, -0.15) is 0 Å². The van der Waals surface area contributed by atoms with E-state index < -0.39 is 5.97 Å². The maximum atomic E-state index is 11.6. The van der Waals surface area contributed by atoms with Crippen molar-refractivity contribution in [2.24, 2.45) is 5.73 Å². The van der Waals surface area contributed by atoms with Crippen molar-refractivity contribution in [2.45, 2.75) is 12.5 Å². The maximum Gasteiger partial charge on any atom is 0.336 e. The number of carbonyl (C=O) groups is 2. The van der Waals surface area contributed by atoms with E-state index in [2.05, 4.69) is 15.2 Å². The summed E-state index contributed by atoms with van der Waals surface area (Å²) in [5, 5.41) is 14.1. The molecule has 0 spiro atoms. The Labute approximate surface area is 265 Å². The summed E-state index contributed by atoms with van der Waals surface area (Å²) in [7, 11) is 0. The zero-order valence-electron chi connectivity index (χ0n) is 23.7. The summed E-state index contributed by atoms with van der Waals surface area (Å²) in [6.07, 6.45) is 1.70. The molecular weight excluding hydrogens is 595 g/mol. The number of carboxylic acids is 1. The maximum absolute atomic E-state index is 11.6. The van der Waals surface area contributed by atoms with Gasteiger partial charge in [-0.3, -0.25) is 4.79 Å². The Kier molecular flexibility index (Phi) is 9.79.